The lowest BCUT2D eigenvalue weighted by atomic mass is 9.92. The number of ether oxygens (including phenoxy) is 1. The number of piperidine rings is 1. The second kappa shape index (κ2) is 8.84. The minimum Gasteiger partial charge on any atom is -0.492 e. The maximum atomic E-state index is 13.0. The normalized spacial score (nSPS) is 17.7. The van der Waals surface area contributed by atoms with Crippen LogP contribution in [0, 0.1) is 11.7 Å². The van der Waals surface area contributed by atoms with E-state index in [2.05, 4.69) is 10.2 Å². The zero-order chi connectivity index (χ0) is 16.7. The monoisotopic (exact) mass is 324 g/mol. The smallest absolute Gasteiger partial charge is 0.234 e. The van der Waals surface area contributed by atoms with Crippen molar-refractivity contribution in [3.05, 3.63) is 30.1 Å². The van der Waals surface area contributed by atoms with Crippen LogP contribution < -0.4 is 10.1 Å². The molecule has 0 saturated carbocycles. The lowest BCUT2D eigenvalue weighted by Gasteiger charge is -2.32. The van der Waals surface area contributed by atoms with Crippen molar-refractivity contribution in [2.75, 3.05) is 32.8 Å². The zero-order valence-electron chi connectivity index (χ0n) is 13.5. The topological polar surface area (TPSA) is 61.8 Å². The summed E-state index contributed by atoms with van der Waals surface area (Å²) in [6.45, 7) is 4.56. The predicted octanol–water partition coefficient (Wildman–Crippen LogP) is 1.41. The van der Waals surface area contributed by atoms with Crippen molar-refractivity contribution in [1.82, 2.24) is 10.2 Å². The minimum absolute atomic E-state index is 0.0386. The first-order valence-corrected chi connectivity index (χ1v) is 8.10. The van der Waals surface area contributed by atoms with Crippen molar-refractivity contribution >= 4 is 5.91 Å². The van der Waals surface area contributed by atoms with Gasteiger partial charge in [-0.05, 0) is 50.9 Å². The molecule has 0 radical (unpaired) electrons. The number of rotatable bonds is 7. The van der Waals surface area contributed by atoms with Crippen LogP contribution in [0.4, 0.5) is 4.39 Å². The van der Waals surface area contributed by atoms with E-state index in [1.165, 1.54) is 12.1 Å². The summed E-state index contributed by atoms with van der Waals surface area (Å²) >= 11 is 0. The third-order valence-corrected chi connectivity index (χ3v) is 4.17. The standard InChI is InChI=1S/C17H25FN2O3/c1-13(21)14-5-8-20(9-6-14)12-17(22)19-7-10-23-16-4-2-3-15(18)11-16/h2-4,11,13-14,21H,5-10,12H2,1H3,(H,19,22). The molecule has 2 rings (SSSR count). The third-order valence-electron chi connectivity index (χ3n) is 4.17. The highest BCUT2D eigenvalue weighted by Gasteiger charge is 2.23. The molecule has 1 fully saturated rings. The molecule has 1 aliphatic heterocycles. The fourth-order valence-corrected chi connectivity index (χ4v) is 2.77. The van der Waals surface area contributed by atoms with E-state index in [1.807, 2.05) is 6.92 Å². The lowest BCUT2D eigenvalue weighted by molar-refractivity contribution is -0.122. The molecule has 128 valence electrons. The first kappa shape index (κ1) is 17.7. The highest BCUT2D eigenvalue weighted by Crippen LogP contribution is 2.20. The SMILES string of the molecule is CC(O)C1CCN(CC(=O)NCCOc2cccc(F)c2)CC1. The lowest BCUT2D eigenvalue weighted by Crippen LogP contribution is -2.43. The Morgan fingerprint density at radius 2 is 2.22 bits per heavy atom. The number of aliphatic hydroxyl groups excluding tert-OH is 1. The van der Waals surface area contributed by atoms with Crippen molar-refractivity contribution in [3.8, 4) is 5.75 Å². The summed E-state index contributed by atoms with van der Waals surface area (Å²) in [4.78, 5) is 14.0. The second-order valence-electron chi connectivity index (χ2n) is 6.01. The molecule has 5 nitrogen and oxygen atoms in total. The molecule has 0 spiro atoms. The molecule has 6 heteroatoms. The summed E-state index contributed by atoms with van der Waals surface area (Å²) in [5.41, 5.74) is 0. The van der Waals surface area contributed by atoms with Crippen LogP contribution in [0.15, 0.2) is 24.3 Å². The Bertz CT molecular complexity index is 502. The molecule has 2 N–H and O–H groups in total. The first-order chi connectivity index (χ1) is 11.0. The van der Waals surface area contributed by atoms with Gasteiger partial charge in [0.15, 0.2) is 0 Å². The van der Waals surface area contributed by atoms with E-state index in [0.717, 1.165) is 25.9 Å². The van der Waals surface area contributed by atoms with Gasteiger partial charge in [-0.3, -0.25) is 9.69 Å². The maximum Gasteiger partial charge on any atom is 0.234 e. The molecule has 1 aliphatic rings. The molecule has 23 heavy (non-hydrogen) atoms. The number of hydrogen-bond donors (Lipinski definition) is 2. The molecular formula is C17H25FN2O3. The number of nitrogens with one attached hydrogen (secondary N) is 1. The van der Waals surface area contributed by atoms with Gasteiger partial charge in [-0.25, -0.2) is 4.39 Å². The Hall–Kier alpha value is -1.66. The van der Waals surface area contributed by atoms with Crippen LogP contribution in [0.3, 0.4) is 0 Å². The molecule has 0 bridgehead atoms. The quantitative estimate of drug-likeness (QED) is 0.745. The van der Waals surface area contributed by atoms with Gasteiger partial charge in [-0.15, -0.1) is 0 Å². The van der Waals surface area contributed by atoms with Gasteiger partial charge >= 0.3 is 0 Å². The van der Waals surface area contributed by atoms with Gasteiger partial charge < -0.3 is 15.2 Å². The number of likely N-dealkylation sites (tertiary alicyclic amines) is 1. The van der Waals surface area contributed by atoms with Gasteiger partial charge in [-0.2, -0.15) is 0 Å². The van der Waals surface area contributed by atoms with Crippen LogP contribution in [0.5, 0.6) is 5.75 Å². The first-order valence-electron chi connectivity index (χ1n) is 8.10. The Morgan fingerprint density at radius 3 is 2.87 bits per heavy atom. The third kappa shape index (κ3) is 6.15. The van der Waals surface area contributed by atoms with Crippen LogP contribution >= 0.6 is 0 Å². The van der Waals surface area contributed by atoms with Crippen LogP contribution in [-0.2, 0) is 4.79 Å². The van der Waals surface area contributed by atoms with Gasteiger partial charge in [0.1, 0.15) is 18.2 Å². The summed E-state index contributed by atoms with van der Waals surface area (Å²) in [7, 11) is 0. The Balaban J connectivity index is 1.59. The van der Waals surface area contributed by atoms with Crippen LogP contribution in [0.2, 0.25) is 0 Å². The highest BCUT2D eigenvalue weighted by molar-refractivity contribution is 5.78. The molecule has 1 aromatic rings. The van der Waals surface area contributed by atoms with E-state index in [0.29, 0.717) is 31.4 Å². The van der Waals surface area contributed by atoms with E-state index >= 15 is 0 Å². The fourth-order valence-electron chi connectivity index (χ4n) is 2.77. The molecule has 1 saturated heterocycles. The number of nitrogens with zero attached hydrogens (tertiary/aromatic N) is 1. The predicted molar refractivity (Wildman–Crippen MR) is 85.7 cm³/mol. The van der Waals surface area contributed by atoms with E-state index < -0.39 is 0 Å². The average Bonchev–Trinajstić information content (AvgIpc) is 2.52. The largest absolute Gasteiger partial charge is 0.492 e. The minimum atomic E-state index is -0.341. The van der Waals surface area contributed by atoms with Gasteiger partial charge in [0.25, 0.3) is 0 Å². The second-order valence-corrected chi connectivity index (χ2v) is 6.01. The van der Waals surface area contributed by atoms with E-state index in [4.69, 9.17) is 4.74 Å². The van der Waals surface area contributed by atoms with E-state index in [-0.39, 0.29) is 17.8 Å². The van der Waals surface area contributed by atoms with Crippen molar-refractivity contribution in [2.24, 2.45) is 5.92 Å². The number of benzene rings is 1. The molecule has 0 aliphatic carbocycles. The number of carbonyl (C=O) groups is 1. The molecule has 1 amide bonds. The summed E-state index contributed by atoms with van der Waals surface area (Å²) in [6.07, 6.45) is 1.58. The average molecular weight is 324 g/mol. The van der Waals surface area contributed by atoms with Crippen molar-refractivity contribution in [2.45, 2.75) is 25.9 Å². The zero-order valence-corrected chi connectivity index (χ0v) is 13.5. The van der Waals surface area contributed by atoms with Gasteiger partial charge in [0.2, 0.25) is 5.91 Å². The van der Waals surface area contributed by atoms with Crippen molar-refractivity contribution < 1.29 is 19.0 Å². The number of hydrogen-bond acceptors (Lipinski definition) is 4. The van der Waals surface area contributed by atoms with Gasteiger partial charge in [0.05, 0.1) is 19.2 Å². The summed E-state index contributed by atoms with van der Waals surface area (Å²) < 4.78 is 18.3. The molecule has 0 aromatic heterocycles. The van der Waals surface area contributed by atoms with Gasteiger partial charge in [0, 0.05) is 6.07 Å². The van der Waals surface area contributed by atoms with E-state index in [9.17, 15) is 14.3 Å². The van der Waals surface area contributed by atoms with Gasteiger partial charge in [-0.1, -0.05) is 6.07 Å². The van der Waals surface area contributed by atoms with Crippen LogP contribution in [0.25, 0.3) is 0 Å². The van der Waals surface area contributed by atoms with Crippen LogP contribution in [0.1, 0.15) is 19.8 Å². The fraction of sp³-hybridized carbons (Fsp3) is 0.588. The summed E-state index contributed by atoms with van der Waals surface area (Å²) in [5.74, 6) is 0.420. The Labute approximate surface area is 136 Å². The van der Waals surface area contributed by atoms with E-state index in [1.54, 1.807) is 12.1 Å². The number of amides is 1. The van der Waals surface area contributed by atoms with Crippen molar-refractivity contribution in [1.29, 1.82) is 0 Å². The number of halogens is 1. The Morgan fingerprint density at radius 1 is 1.48 bits per heavy atom. The molecule has 1 atom stereocenters. The van der Waals surface area contributed by atoms with Crippen LogP contribution in [-0.4, -0.2) is 54.8 Å². The summed E-state index contributed by atoms with van der Waals surface area (Å²) in [5, 5.41) is 12.4. The molecular weight excluding hydrogens is 299 g/mol. The highest BCUT2D eigenvalue weighted by atomic mass is 19.1. The molecule has 1 heterocycles. The van der Waals surface area contributed by atoms with Crippen molar-refractivity contribution in [3.63, 3.8) is 0 Å². The molecule has 1 unspecified atom stereocenters. The Kier molecular flexibility index (Phi) is 6.80. The maximum absolute atomic E-state index is 13.0. The number of carbonyl (C=O) groups excluding carboxylic acids is 1. The summed E-state index contributed by atoms with van der Waals surface area (Å²) in [6, 6.07) is 5.93. The number of aliphatic hydroxyl groups is 1. The molecule has 1 aromatic carbocycles.